The van der Waals surface area contributed by atoms with Crippen LogP contribution in [0.4, 0.5) is 0 Å². The minimum atomic E-state index is -2.24. The summed E-state index contributed by atoms with van der Waals surface area (Å²) in [6, 6.07) is 0.212. The number of hydrogen-bond donors (Lipinski definition) is 1. The molecule has 0 aliphatic carbocycles. The van der Waals surface area contributed by atoms with Crippen LogP contribution >= 0.6 is 11.5 Å². The Kier molecular flexibility index (Phi) is 2.07. The van der Waals surface area contributed by atoms with E-state index >= 15 is 0 Å². The van der Waals surface area contributed by atoms with Crippen molar-refractivity contribution in [3.63, 3.8) is 0 Å². The lowest BCUT2D eigenvalue weighted by Gasteiger charge is -1.84. The van der Waals surface area contributed by atoms with E-state index in [4.69, 9.17) is 0 Å². The summed E-state index contributed by atoms with van der Waals surface area (Å²) in [7, 11) is -0.833. The monoisotopic (exact) mass is 180 g/mol. The molecule has 0 bridgehead atoms. The summed E-state index contributed by atoms with van der Waals surface area (Å²) in [5.74, 6) is 0. The van der Waals surface area contributed by atoms with Crippen molar-refractivity contribution in [3.8, 4) is 6.01 Å². The molecule has 0 spiro atoms. The van der Waals surface area contributed by atoms with Crippen LogP contribution in [0.1, 0.15) is 0 Å². The first-order chi connectivity index (χ1) is 4.74. The van der Waals surface area contributed by atoms with E-state index in [-0.39, 0.29) is 9.96 Å². The molecule has 1 aromatic rings. The quantitative estimate of drug-likeness (QED) is 0.612. The third kappa shape index (κ3) is 1.36. The first-order valence-corrected chi connectivity index (χ1v) is 4.11. The molecule has 1 rings (SSSR count). The van der Waals surface area contributed by atoms with E-state index in [0.29, 0.717) is 0 Å². The van der Waals surface area contributed by atoms with Crippen LogP contribution in [-0.4, -0.2) is 24.9 Å². The molecule has 7 heteroatoms. The fourth-order valence-corrected chi connectivity index (χ4v) is 1.32. The summed E-state index contributed by atoms with van der Waals surface area (Å²) >= 11 is 0.839. The van der Waals surface area contributed by atoms with Gasteiger partial charge in [-0.3, -0.25) is 4.98 Å². The molecule has 0 saturated carbocycles. The standard InChI is InChI=1S/C3H4N2O3S2/c1-8-2-4-3(9-5-2)10(6)7/h1H3,(H,4,5). The molecular weight excluding hydrogens is 176 g/mol. The van der Waals surface area contributed by atoms with Crippen molar-refractivity contribution in [2.45, 2.75) is 0 Å². The highest BCUT2D eigenvalue weighted by Gasteiger charge is 1.93. The van der Waals surface area contributed by atoms with E-state index in [0.717, 1.165) is 11.5 Å². The predicted octanol–water partition coefficient (Wildman–Crippen LogP) is -0.109. The maximum Gasteiger partial charge on any atom is 0.306 e. The largest absolute Gasteiger partial charge is 0.467 e. The first-order valence-electron chi connectivity index (χ1n) is 2.26. The Balaban J connectivity index is 3.39. The van der Waals surface area contributed by atoms with Gasteiger partial charge in [0.1, 0.15) is 0 Å². The Labute approximate surface area is 62.0 Å². The molecule has 0 amide bonds. The number of nitrogens with one attached hydrogen (secondary N) is 1. The van der Waals surface area contributed by atoms with Crippen molar-refractivity contribution in [1.29, 1.82) is 0 Å². The number of methoxy groups -OCH3 is 1. The Morgan fingerprint density at radius 1 is 1.70 bits per heavy atom. The number of hydrogen-bond acceptors (Lipinski definition) is 5. The highest BCUT2D eigenvalue weighted by Crippen LogP contribution is 2.02. The van der Waals surface area contributed by atoms with Crippen molar-refractivity contribution in [2.24, 2.45) is 0 Å². The summed E-state index contributed by atoms with van der Waals surface area (Å²) in [5, 5.41) is 0. The van der Waals surface area contributed by atoms with Crippen molar-refractivity contribution >= 4 is 21.8 Å². The van der Waals surface area contributed by atoms with Gasteiger partial charge in [0.25, 0.3) is 10.3 Å². The maximum atomic E-state index is 10.2. The topological polar surface area (TPSA) is 72.0 Å². The first kappa shape index (κ1) is 7.29. The van der Waals surface area contributed by atoms with E-state index in [1.165, 1.54) is 7.11 Å². The molecule has 56 valence electrons. The summed E-state index contributed by atoms with van der Waals surface area (Å²) in [6.07, 6.45) is 0. The molecule has 0 saturated heterocycles. The number of rotatable bonds is 1. The van der Waals surface area contributed by atoms with E-state index < -0.39 is 10.3 Å². The van der Waals surface area contributed by atoms with E-state index in [1.54, 1.807) is 0 Å². The smallest absolute Gasteiger partial charge is 0.306 e. The molecule has 0 atom stereocenters. The minimum Gasteiger partial charge on any atom is -0.467 e. The number of H-pyrrole nitrogens is 1. The van der Waals surface area contributed by atoms with Gasteiger partial charge < -0.3 is 4.74 Å². The molecule has 10 heavy (non-hydrogen) atoms. The predicted molar refractivity (Wildman–Crippen MR) is 35.2 cm³/mol. The molecule has 0 aliphatic rings. The van der Waals surface area contributed by atoms with E-state index in [2.05, 4.69) is 14.1 Å². The van der Waals surface area contributed by atoms with Gasteiger partial charge >= 0.3 is 6.01 Å². The lowest BCUT2D eigenvalue weighted by Crippen LogP contribution is -1.82. The normalized spacial score (nSPS) is 9.30. The van der Waals surface area contributed by atoms with Gasteiger partial charge in [-0.05, 0) is 0 Å². The molecule has 1 N–H and O–H groups in total. The Bertz CT molecular complexity index is 364. The molecular formula is C3H4N2O3S2. The van der Waals surface area contributed by atoms with Crippen molar-refractivity contribution < 1.29 is 13.2 Å². The van der Waals surface area contributed by atoms with Crippen LogP contribution in [0.25, 0.3) is 0 Å². The van der Waals surface area contributed by atoms with Gasteiger partial charge in [-0.15, -0.1) is 4.37 Å². The number of nitrogens with zero attached hydrogens (tertiary/aromatic N) is 1. The zero-order chi connectivity index (χ0) is 7.56. The highest BCUT2D eigenvalue weighted by molar-refractivity contribution is 7.65. The summed E-state index contributed by atoms with van der Waals surface area (Å²) in [6.45, 7) is 0. The summed E-state index contributed by atoms with van der Waals surface area (Å²) < 4.78 is 28.7. The molecule has 0 radical (unpaired) electrons. The van der Waals surface area contributed by atoms with Crippen LogP contribution in [-0.2, 0) is 10.3 Å². The van der Waals surface area contributed by atoms with Crippen LogP contribution in [0.15, 0.2) is 0 Å². The SMILES string of the molecule is COc1nsc(=S(=O)=O)[nH]1. The fraction of sp³-hybridized carbons (Fsp3) is 0.333. The molecule has 5 nitrogen and oxygen atoms in total. The van der Waals surface area contributed by atoms with Gasteiger partial charge in [0.2, 0.25) is 3.95 Å². The third-order valence-corrected chi connectivity index (χ3v) is 2.33. The van der Waals surface area contributed by atoms with E-state index in [9.17, 15) is 8.42 Å². The molecule has 1 aromatic heterocycles. The minimum absolute atomic E-state index is 0.0665. The third-order valence-electron chi connectivity index (χ3n) is 0.765. The second-order valence-corrected chi connectivity index (χ2v) is 3.25. The van der Waals surface area contributed by atoms with Crippen LogP contribution in [0, 0.1) is 3.95 Å². The Hall–Kier alpha value is -0.820. The maximum absolute atomic E-state index is 10.2. The second kappa shape index (κ2) is 2.84. The van der Waals surface area contributed by atoms with Crippen LogP contribution in [0.3, 0.4) is 0 Å². The van der Waals surface area contributed by atoms with Gasteiger partial charge in [-0.1, -0.05) is 0 Å². The van der Waals surface area contributed by atoms with Crippen molar-refractivity contribution in [3.05, 3.63) is 3.95 Å². The molecule has 0 aromatic carbocycles. The Morgan fingerprint density at radius 3 is 2.70 bits per heavy atom. The number of ether oxygens (including phenoxy) is 1. The zero-order valence-electron chi connectivity index (χ0n) is 4.99. The fourth-order valence-electron chi connectivity index (χ4n) is 0.376. The van der Waals surface area contributed by atoms with Crippen molar-refractivity contribution in [2.75, 3.05) is 7.11 Å². The second-order valence-electron chi connectivity index (χ2n) is 1.34. The molecule has 0 fully saturated rings. The highest BCUT2D eigenvalue weighted by atomic mass is 32.2. The van der Waals surface area contributed by atoms with Gasteiger partial charge in [-0.2, -0.15) is 8.42 Å². The van der Waals surface area contributed by atoms with Gasteiger partial charge in [0.15, 0.2) is 0 Å². The Morgan fingerprint density at radius 2 is 2.40 bits per heavy atom. The summed E-state index contributed by atoms with van der Waals surface area (Å²) in [5.41, 5.74) is 0. The van der Waals surface area contributed by atoms with Gasteiger partial charge in [0, 0.05) is 11.5 Å². The van der Waals surface area contributed by atoms with Crippen molar-refractivity contribution in [1.82, 2.24) is 9.36 Å². The number of aromatic amines is 1. The lowest BCUT2D eigenvalue weighted by atomic mass is 11.2. The van der Waals surface area contributed by atoms with E-state index in [1.807, 2.05) is 0 Å². The zero-order valence-corrected chi connectivity index (χ0v) is 6.62. The molecule has 0 aliphatic heterocycles. The molecule has 1 heterocycles. The van der Waals surface area contributed by atoms with Crippen LogP contribution < -0.4 is 4.74 Å². The lowest BCUT2D eigenvalue weighted by molar-refractivity contribution is 0.385. The molecule has 0 unspecified atom stereocenters. The van der Waals surface area contributed by atoms with Crippen LogP contribution in [0.2, 0.25) is 0 Å². The summed E-state index contributed by atoms with van der Waals surface area (Å²) in [4.78, 5) is 2.43. The van der Waals surface area contributed by atoms with Crippen LogP contribution in [0.5, 0.6) is 6.01 Å². The van der Waals surface area contributed by atoms with Gasteiger partial charge in [0.05, 0.1) is 7.11 Å². The van der Waals surface area contributed by atoms with Gasteiger partial charge in [-0.25, -0.2) is 0 Å². The average molecular weight is 180 g/mol. The number of aromatic nitrogens is 2. The average Bonchev–Trinajstić information content (AvgIpc) is 2.34.